The zero-order valence-electron chi connectivity index (χ0n) is 19.7. The fraction of sp³-hybridized carbons (Fsp3) is 0.417. The summed E-state index contributed by atoms with van der Waals surface area (Å²) in [6.07, 6.45) is -0.434. The molecule has 36 heavy (non-hydrogen) atoms. The number of amides is 2. The molecule has 0 saturated carbocycles. The van der Waals surface area contributed by atoms with Crippen LogP contribution in [-0.2, 0) is 23.7 Å². The van der Waals surface area contributed by atoms with Crippen molar-refractivity contribution in [3.63, 3.8) is 0 Å². The van der Waals surface area contributed by atoms with Gasteiger partial charge in [0.05, 0.1) is 16.8 Å². The van der Waals surface area contributed by atoms with Crippen LogP contribution in [0.1, 0.15) is 43.6 Å². The molecule has 2 aliphatic heterocycles. The van der Waals surface area contributed by atoms with Crippen molar-refractivity contribution in [1.82, 2.24) is 30.0 Å². The summed E-state index contributed by atoms with van der Waals surface area (Å²) in [6, 6.07) is 5.18. The highest BCUT2D eigenvalue weighted by molar-refractivity contribution is 5.76. The number of carbonyl (C=O) groups is 1. The first-order valence-corrected chi connectivity index (χ1v) is 11.5. The minimum Gasteiger partial charge on any atom is -0.383 e. The summed E-state index contributed by atoms with van der Waals surface area (Å²) in [7, 11) is 0. The van der Waals surface area contributed by atoms with E-state index in [0.29, 0.717) is 31.7 Å². The number of aromatic nitrogens is 4. The Labute approximate surface area is 204 Å². The third kappa shape index (κ3) is 4.03. The van der Waals surface area contributed by atoms with Gasteiger partial charge in [0.1, 0.15) is 17.3 Å². The molecule has 190 valence electrons. The molecule has 1 atom stereocenters. The number of aryl methyl sites for hydroxylation is 1. The van der Waals surface area contributed by atoms with Crippen molar-refractivity contribution in [2.24, 2.45) is 0 Å². The highest BCUT2D eigenvalue weighted by Crippen LogP contribution is 2.44. The molecule has 0 unspecified atom stereocenters. The highest BCUT2D eigenvalue weighted by Gasteiger charge is 2.47. The lowest BCUT2D eigenvalue weighted by Crippen LogP contribution is -2.49. The number of urea groups is 1. The van der Waals surface area contributed by atoms with Crippen molar-refractivity contribution < 1.29 is 22.4 Å². The third-order valence-electron chi connectivity index (χ3n) is 7.06. The molecule has 5 heterocycles. The number of likely N-dealkylation sites (tertiary alicyclic amines) is 1. The number of alkyl halides is 3. The van der Waals surface area contributed by atoms with E-state index in [-0.39, 0.29) is 22.7 Å². The second kappa shape index (κ2) is 8.17. The summed E-state index contributed by atoms with van der Waals surface area (Å²) >= 11 is 0. The molecule has 3 N–H and O–H groups in total. The number of rotatable bonds is 3. The molecule has 2 aliphatic rings. The van der Waals surface area contributed by atoms with Crippen molar-refractivity contribution >= 4 is 11.8 Å². The SMILES string of the molecule is CC(C)(NC(=O)N1CC[C@@]2(CCn3nc(-c4cnc(N)c(C(F)(F)F)c4)cc32)C1)c1ncccc1F. The molecule has 0 aromatic carbocycles. The second-order valence-corrected chi connectivity index (χ2v) is 9.88. The molecule has 0 radical (unpaired) electrons. The second-order valence-electron chi connectivity index (χ2n) is 9.88. The van der Waals surface area contributed by atoms with Crippen LogP contribution in [0.4, 0.5) is 28.2 Å². The van der Waals surface area contributed by atoms with E-state index in [9.17, 15) is 22.4 Å². The zero-order chi connectivity index (χ0) is 25.9. The van der Waals surface area contributed by atoms with Crippen molar-refractivity contribution in [3.8, 4) is 11.3 Å². The molecule has 5 rings (SSSR count). The van der Waals surface area contributed by atoms with E-state index in [0.717, 1.165) is 18.2 Å². The summed E-state index contributed by atoms with van der Waals surface area (Å²) < 4.78 is 55.9. The molecule has 8 nitrogen and oxygen atoms in total. The van der Waals surface area contributed by atoms with Gasteiger partial charge in [-0.2, -0.15) is 18.3 Å². The Balaban J connectivity index is 1.36. The Morgan fingerprint density at radius 3 is 2.64 bits per heavy atom. The standard InChI is InChI=1S/C24H25F4N7O/c1-22(2,19-16(25)4-3-7-30-19)32-21(36)34-8-5-23(13-34)6-9-35-18(23)11-17(33-35)14-10-15(24(26,27)28)20(29)31-12-14/h3-4,7,10-12H,5-6,8-9,13H2,1-2H3,(H2,29,31)(H,32,36)/t23-/m1/s1. The van der Waals surface area contributed by atoms with E-state index in [1.807, 2.05) is 0 Å². The number of nitrogens with one attached hydrogen (secondary N) is 1. The molecule has 2 amide bonds. The summed E-state index contributed by atoms with van der Waals surface area (Å²) in [6.45, 7) is 4.86. The average molecular weight is 504 g/mol. The molecule has 12 heteroatoms. The lowest BCUT2D eigenvalue weighted by molar-refractivity contribution is -0.137. The number of pyridine rings is 2. The lowest BCUT2D eigenvalue weighted by atomic mass is 9.82. The van der Waals surface area contributed by atoms with Gasteiger partial charge >= 0.3 is 12.2 Å². The van der Waals surface area contributed by atoms with Gasteiger partial charge in [-0.25, -0.2) is 14.2 Å². The van der Waals surface area contributed by atoms with Crippen LogP contribution in [0.25, 0.3) is 11.3 Å². The molecule has 0 aliphatic carbocycles. The molecule has 1 saturated heterocycles. The maximum Gasteiger partial charge on any atom is 0.419 e. The third-order valence-corrected chi connectivity index (χ3v) is 7.06. The van der Waals surface area contributed by atoms with Crippen LogP contribution in [0.3, 0.4) is 0 Å². The summed E-state index contributed by atoms with van der Waals surface area (Å²) in [5.74, 6) is -1.08. The topological polar surface area (TPSA) is 102 Å². The maximum atomic E-state index is 14.3. The molecule has 3 aromatic rings. The maximum absolute atomic E-state index is 14.3. The number of hydrogen-bond donors (Lipinski definition) is 2. The van der Waals surface area contributed by atoms with Gasteiger partial charge < -0.3 is 16.0 Å². The van der Waals surface area contributed by atoms with Crippen LogP contribution >= 0.6 is 0 Å². The average Bonchev–Trinajstić information content (AvgIpc) is 3.50. The van der Waals surface area contributed by atoms with Gasteiger partial charge in [0, 0.05) is 48.7 Å². The Kier molecular flexibility index (Phi) is 5.45. The van der Waals surface area contributed by atoms with Crippen molar-refractivity contribution in [2.45, 2.75) is 50.4 Å². The highest BCUT2D eigenvalue weighted by atomic mass is 19.4. The van der Waals surface area contributed by atoms with Crippen LogP contribution < -0.4 is 11.1 Å². The monoisotopic (exact) mass is 503 g/mol. The quantitative estimate of drug-likeness (QED) is 0.525. The number of hydrogen-bond acceptors (Lipinski definition) is 5. The van der Waals surface area contributed by atoms with Crippen molar-refractivity contribution in [2.75, 3.05) is 18.8 Å². The Hall–Kier alpha value is -3.70. The molecule has 1 spiro atoms. The molecular formula is C24H25F4N7O. The zero-order valence-corrected chi connectivity index (χ0v) is 19.7. The van der Waals surface area contributed by atoms with Gasteiger partial charge in [-0.05, 0) is 51.0 Å². The van der Waals surface area contributed by atoms with Crippen LogP contribution in [0, 0.1) is 5.82 Å². The number of nitrogen functional groups attached to an aromatic ring is 1. The first-order valence-electron chi connectivity index (χ1n) is 11.5. The minimum atomic E-state index is -4.62. The molecule has 3 aromatic heterocycles. The molecular weight excluding hydrogens is 478 g/mol. The number of anilines is 1. The smallest absolute Gasteiger partial charge is 0.383 e. The summed E-state index contributed by atoms with van der Waals surface area (Å²) in [4.78, 5) is 22.6. The fourth-order valence-corrected chi connectivity index (χ4v) is 5.16. The van der Waals surface area contributed by atoms with Crippen LogP contribution in [-0.4, -0.2) is 43.8 Å². The summed E-state index contributed by atoms with van der Waals surface area (Å²) in [5.41, 5.74) is 4.64. The van der Waals surface area contributed by atoms with Gasteiger partial charge in [0.25, 0.3) is 0 Å². The van der Waals surface area contributed by atoms with Gasteiger partial charge in [0.2, 0.25) is 0 Å². The Morgan fingerprint density at radius 1 is 1.17 bits per heavy atom. The van der Waals surface area contributed by atoms with E-state index in [2.05, 4.69) is 20.4 Å². The van der Waals surface area contributed by atoms with E-state index in [1.165, 1.54) is 24.5 Å². The lowest BCUT2D eigenvalue weighted by Gasteiger charge is -2.30. The predicted molar refractivity (Wildman–Crippen MR) is 123 cm³/mol. The van der Waals surface area contributed by atoms with E-state index in [4.69, 9.17) is 5.73 Å². The van der Waals surface area contributed by atoms with Gasteiger partial charge in [-0.15, -0.1) is 0 Å². The number of carbonyl (C=O) groups excluding carboxylic acids is 1. The predicted octanol–water partition coefficient (Wildman–Crippen LogP) is 4.07. The van der Waals surface area contributed by atoms with E-state index in [1.54, 1.807) is 29.5 Å². The first-order chi connectivity index (χ1) is 16.9. The van der Waals surface area contributed by atoms with Gasteiger partial charge in [-0.3, -0.25) is 9.67 Å². The van der Waals surface area contributed by atoms with E-state index >= 15 is 0 Å². The van der Waals surface area contributed by atoms with Crippen molar-refractivity contribution in [3.05, 3.63) is 59.4 Å². The van der Waals surface area contributed by atoms with E-state index < -0.39 is 28.9 Å². The largest absolute Gasteiger partial charge is 0.419 e. The number of nitrogens with zero attached hydrogens (tertiary/aromatic N) is 5. The van der Waals surface area contributed by atoms with Gasteiger partial charge in [-0.1, -0.05) is 0 Å². The Morgan fingerprint density at radius 2 is 1.92 bits per heavy atom. The van der Waals surface area contributed by atoms with Gasteiger partial charge in [0.15, 0.2) is 0 Å². The fourth-order valence-electron chi connectivity index (χ4n) is 5.16. The first kappa shape index (κ1) is 24.0. The number of nitrogens with two attached hydrogens (primary N) is 1. The van der Waals surface area contributed by atoms with Crippen LogP contribution in [0.15, 0.2) is 36.7 Å². The van der Waals surface area contributed by atoms with Crippen LogP contribution in [0.2, 0.25) is 0 Å². The Bertz CT molecular complexity index is 1340. The number of fused-ring (bicyclic) bond motifs is 2. The number of halogens is 4. The molecule has 1 fully saturated rings. The summed E-state index contributed by atoms with van der Waals surface area (Å²) in [5, 5.41) is 7.39. The van der Waals surface area contributed by atoms with Crippen LogP contribution in [0.5, 0.6) is 0 Å². The normalized spacial score (nSPS) is 19.7. The van der Waals surface area contributed by atoms with Crippen molar-refractivity contribution in [1.29, 1.82) is 0 Å². The minimum absolute atomic E-state index is 0.145. The molecule has 0 bridgehead atoms.